The summed E-state index contributed by atoms with van der Waals surface area (Å²) in [7, 11) is 0. The molecule has 0 saturated carbocycles. The van der Waals surface area contributed by atoms with Crippen LogP contribution in [0, 0.1) is 5.92 Å². The molecule has 1 aliphatic rings. The van der Waals surface area contributed by atoms with Gasteiger partial charge >= 0.3 is 0 Å². The van der Waals surface area contributed by atoms with Crippen molar-refractivity contribution in [2.75, 3.05) is 18.0 Å². The maximum absolute atomic E-state index is 10.4. The lowest BCUT2D eigenvalue weighted by molar-refractivity contribution is -0.108. The van der Waals surface area contributed by atoms with Gasteiger partial charge < -0.3 is 9.69 Å². The van der Waals surface area contributed by atoms with Crippen molar-refractivity contribution >= 4 is 12.1 Å². The molecule has 0 amide bonds. The predicted octanol–water partition coefficient (Wildman–Crippen LogP) is 1.89. The molecule has 0 radical (unpaired) electrons. The monoisotopic (exact) mass is 204 g/mol. The Bertz CT molecular complexity index is 305. The Labute approximate surface area is 90.1 Å². The molecule has 3 heteroatoms. The van der Waals surface area contributed by atoms with E-state index in [-0.39, 0.29) is 0 Å². The largest absolute Gasteiger partial charge is 0.357 e. The number of hydrogen-bond acceptors (Lipinski definition) is 3. The lowest BCUT2D eigenvalue weighted by Gasteiger charge is -2.31. The second kappa shape index (κ2) is 4.91. The maximum Gasteiger partial charge on any atom is 0.128 e. The normalized spacial score (nSPS) is 17.7. The van der Waals surface area contributed by atoms with Crippen LogP contribution in [0.3, 0.4) is 0 Å². The second-order valence-electron chi connectivity index (χ2n) is 4.02. The van der Waals surface area contributed by atoms with Crippen LogP contribution >= 0.6 is 0 Å². The number of carbonyl (C=O) groups excluding carboxylic acids is 1. The third kappa shape index (κ3) is 2.55. The fraction of sp³-hybridized carbons (Fsp3) is 0.500. The summed E-state index contributed by atoms with van der Waals surface area (Å²) in [6, 6.07) is 5.99. The van der Waals surface area contributed by atoms with Crippen LogP contribution in [-0.4, -0.2) is 24.4 Å². The average molecular weight is 204 g/mol. The highest BCUT2D eigenvalue weighted by Gasteiger charge is 2.19. The van der Waals surface area contributed by atoms with Gasteiger partial charge in [0, 0.05) is 25.7 Å². The third-order valence-electron chi connectivity index (χ3n) is 3.02. The fourth-order valence-corrected chi connectivity index (χ4v) is 2.07. The Kier molecular flexibility index (Phi) is 3.33. The van der Waals surface area contributed by atoms with Crippen molar-refractivity contribution in [3.05, 3.63) is 24.4 Å². The summed E-state index contributed by atoms with van der Waals surface area (Å²) < 4.78 is 0. The van der Waals surface area contributed by atoms with E-state index < -0.39 is 0 Å². The summed E-state index contributed by atoms with van der Waals surface area (Å²) in [6.45, 7) is 2.05. The molecular weight excluding hydrogens is 188 g/mol. The highest BCUT2D eigenvalue weighted by molar-refractivity contribution is 5.50. The molecule has 0 N–H and O–H groups in total. The average Bonchev–Trinajstić information content (AvgIpc) is 2.32. The zero-order valence-corrected chi connectivity index (χ0v) is 8.80. The van der Waals surface area contributed by atoms with Crippen LogP contribution in [0.2, 0.25) is 0 Å². The molecule has 0 aliphatic carbocycles. The zero-order valence-electron chi connectivity index (χ0n) is 8.80. The molecule has 1 fully saturated rings. The van der Waals surface area contributed by atoms with Crippen molar-refractivity contribution in [3.8, 4) is 0 Å². The minimum Gasteiger partial charge on any atom is -0.357 e. The molecule has 0 spiro atoms. The number of hydrogen-bond donors (Lipinski definition) is 0. The number of aldehydes is 1. The van der Waals surface area contributed by atoms with Crippen molar-refractivity contribution < 1.29 is 4.79 Å². The van der Waals surface area contributed by atoms with Gasteiger partial charge in [0.2, 0.25) is 0 Å². The smallest absolute Gasteiger partial charge is 0.128 e. The second-order valence-corrected chi connectivity index (χ2v) is 4.02. The number of anilines is 1. The maximum atomic E-state index is 10.4. The third-order valence-corrected chi connectivity index (χ3v) is 3.02. The summed E-state index contributed by atoms with van der Waals surface area (Å²) in [5.74, 6) is 1.64. The van der Waals surface area contributed by atoms with Gasteiger partial charge in [-0.3, -0.25) is 0 Å². The van der Waals surface area contributed by atoms with Crippen molar-refractivity contribution in [2.24, 2.45) is 5.92 Å². The summed E-state index contributed by atoms with van der Waals surface area (Å²) >= 11 is 0. The molecule has 0 atom stereocenters. The number of nitrogens with zero attached hydrogens (tertiary/aromatic N) is 2. The molecule has 2 rings (SSSR count). The molecule has 0 bridgehead atoms. The molecule has 1 aromatic rings. The van der Waals surface area contributed by atoms with Gasteiger partial charge in [-0.1, -0.05) is 6.07 Å². The minimum atomic E-state index is 0.586. The van der Waals surface area contributed by atoms with E-state index >= 15 is 0 Å². The lowest BCUT2D eigenvalue weighted by atomic mass is 9.94. The molecule has 80 valence electrons. The van der Waals surface area contributed by atoms with Crippen molar-refractivity contribution in [1.29, 1.82) is 0 Å². The molecule has 0 aromatic carbocycles. The Balaban J connectivity index is 1.91. The number of piperidine rings is 1. The summed E-state index contributed by atoms with van der Waals surface area (Å²) in [5.41, 5.74) is 0. The Morgan fingerprint density at radius 1 is 1.40 bits per heavy atom. The zero-order chi connectivity index (χ0) is 10.5. The highest BCUT2D eigenvalue weighted by atomic mass is 16.1. The minimum absolute atomic E-state index is 0.586. The first kappa shape index (κ1) is 10.1. The predicted molar refractivity (Wildman–Crippen MR) is 59.9 cm³/mol. The van der Waals surface area contributed by atoms with Crippen LogP contribution in [0.4, 0.5) is 5.82 Å². The van der Waals surface area contributed by atoms with Gasteiger partial charge in [0.1, 0.15) is 12.1 Å². The van der Waals surface area contributed by atoms with Crippen LogP contribution in [0.25, 0.3) is 0 Å². The molecule has 0 unspecified atom stereocenters. The van der Waals surface area contributed by atoms with Crippen LogP contribution in [-0.2, 0) is 4.79 Å². The Hall–Kier alpha value is -1.38. The first-order chi connectivity index (χ1) is 7.40. The summed E-state index contributed by atoms with van der Waals surface area (Å²) in [6.07, 6.45) is 5.80. The molecule has 15 heavy (non-hydrogen) atoms. The first-order valence-electron chi connectivity index (χ1n) is 5.50. The van der Waals surface area contributed by atoms with Crippen molar-refractivity contribution in [3.63, 3.8) is 0 Å². The van der Waals surface area contributed by atoms with Crippen molar-refractivity contribution in [1.82, 2.24) is 4.98 Å². The Morgan fingerprint density at radius 3 is 2.80 bits per heavy atom. The van der Waals surface area contributed by atoms with Gasteiger partial charge in [0.25, 0.3) is 0 Å². The van der Waals surface area contributed by atoms with Crippen LogP contribution < -0.4 is 4.90 Å². The number of carbonyl (C=O) groups is 1. The fourth-order valence-electron chi connectivity index (χ4n) is 2.07. The molecule has 1 aliphatic heterocycles. The quantitative estimate of drug-likeness (QED) is 0.705. The molecule has 3 nitrogen and oxygen atoms in total. The summed E-state index contributed by atoms with van der Waals surface area (Å²) in [5, 5.41) is 0. The van der Waals surface area contributed by atoms with Gasteiger partial charge in [0.15, 0.2) is 0 Å². The van der Waals surface area contributed by atoms with E-state index in [0.717, 1.165) is 44.5 Å². The van der Waals surface area contributed by atoms with Gasteiger partial charge in [-0.25, -0.2) is 4.98 Å². The highest BCUT2D eigenvalue weighted by Crippen LogP contribution is 2.22. The summed E-state index contributed by atoms with van der Waals surface area (Å²) in [4.78, 5) is 17.0. The molecule has 2 heterocycles. The van der Waals surface area contributed by atoms with E-state index in [1.165, 1.54) is 0 Å². The van der Waals surface area contributed by atoms with Crippen LogP contribution in [0.1, 0.15) is 19.3 Å². The first-order valence-corrected chi connectivity index (χ1v) is 5.50. The van der Waals surface area contributed by atoms with Crippen molar-refractivity contribution in [2.45, 2.75) is 19.3 Å². The van der Waals surface area contributed by atoms with Crippen LogP contribution in [0.15, 0.2) is 24.4 Å². The topological polar surface area (TPSA) is 33.2 Å². The standard InChI is InChI=1S/C12H16N2O/c15-10-6-11-4-8-14(9-5-11)12-3-1-2-7-13-12/h1-3,7,10-11H,4-6,8-9H2. The van der Waals surface area contributed by atoms with E-state index in [1.807, 2.05) is 24.4 Å². The van der Waals surface area contributed by atoms with Gasteiger partial charge in [-0.2, -0.15) is 0 Å². The van der Waals surface area contributed by atoms with E-state index in [4.69, 9.17) is 0 Å². The van der Waals surface area contributed by atoms with E-state index in [9.17, 15) is 4.79 Å². The molecule has 1 saturated heterocycles. The molecule has 1 aromatic heterocycles. The Morgan fingerprint density at radius 2 is 2.20 bits per heavy atom. The van der Waals surface area contributed by atoms with E-state index in [0.29, 0.717) is 5.92 Å². The van der Waals surface area contributed by atoms with Gasteiger partial charge in [-0.05, 0) is 30.9 Å². The number of pyridine rings is 1. The number of aromatic nitrogens is 1. The van der Waals surface area contributed by atoms with Gasteiger partial charge in [0.05, 0.1) is 0 Å². The van der Waals surface area contributed by atoms with Gasteiger partial charge in [-0.15, -0.1) is 0 Å². The lowest BCUT2D eigenvalue weighted by Crippen LogP contribution is -2.34. The van der Waals surface area contributed by atoms with E-state index in [2.05, 4.69) is 9.88 Å². The SMILES string of the molecule is O=CCC1CCN(c2ccccn2)CC1. The number of rotatable bonds is 3. The van der Waals surface area contributed by atoms with Crippen LogP contribution in [0.5, 0.6) is 0 Å². The molecular formula is C12H16N2O. The van der Waals surface area contributed by atoms with E-state index in [1.54, 1.807) is 0 Å².